The lowest BCUT2D eigenvalue weighted by molar-refractivity contribution is 0.310. The van der Waals surface area contributed by atoms with Crippen LogP contribution in [0.1, 0.15) is 18.9 Å². The van der Waals surface area contributed by atoms with Crippen LogP contribution in [0.3, 0.4) is 0 Å². The van der Waals surface area contributed by atoms with Gasteiger partial charge in [0.05, 0.1) is 13.7 Å². The molecule has 17 heavy (non-hydrogen) atoms. The third kappa shape index (κ3) is 4.63. The summed E-state index contributed by atoms with van der Waals surface area (Å²) in [6, 6.07) is 5.99. The van der Waals surface area contributed by atoms with Gasteiger partial charge >= 0.3 is 0 Å². The van der Waals surface area contributed by atoms with Crippen molar-refractivity contribution < 1.29 is 9.47 Å². The van der Waals surface area contributed by atoms with Crippen molar-refractivity contribution in [3.63, 3.8) is 0 Å². The van der Waals surface area contributed by atoms with Gasteiger partial charge in [0, 0.05) is 6.54 Å². The molecule has 0 amide bonds. The monoisotopic (exact) mass is 238 g/mol. The summed E-state index contributed by atoms with van der Waals surface area (Å²) in [5.41, 5.74) is 6.61. The van der Waals surface area contributed by atoms with Gasteiger partial charge < -0.3 is 20.5 Å². The quantitative estimate of drug-likeness (QED) is 0.674. The second-order valence-electron chi connectivity index (χ2n) is 3.74. The molecule has 0 aliphatic carbocycles. The van der Waals surface area contributed by atoms with Crippen LogP contribution < -0.4 is 20.5 Å². The van der Waals surface area contributed by atoms with Crippen molar-refractivity contribution >= 4 is 0 Å². The minimum atomic E-state index is 0.643. The zero-order valence-electron chi connectivity index (χ0n) is 10.7. The van der Waals surface area contributed by atoms with E-state index in [1.807, 2.05) is 25.1 Å². The zero-order chi connectivity index (χ0) is 12.5. The van der Waals surface area contributed by atoms with Crippen LogP contribution in [-0.4, -0.2) is 26.8 Å². The lowest BCUT2D eigenvalue weighted by Gasteiger charge is -2.11. The van der Waals surface area contributed by atoms with Gasteiger partial charge in [-0.25, -0.2) is 0 Å². The molecule has 4 heteroatoms. The summed E-state index contributed by atoms with van der Waals surface area (Å²) in [6.07, 6.45) is 0.994. The number of benzene rings is 1. The molecule has 0 bridgehead atoms. The van der Waals surface area contributed by atoms with E-state index in [0.717, 1.165) is 37.6 Å². The van der Waals surface area contributed by atoms with E-state index in [1.165, 1.54) is 5.56 Å². The number of ether oxygens (including phenoxy) is 2. The highest BCUT2D eigenvalue weighted by Crippen LogP contribution is 2.27. The Morgan fingerprint density at radius 1 is 1.29 bits per heavy atom. The number of hydrogen-bond acceptors (Lipinski definition) is 4. The molecule has 0 spiro atoms. The summed E-state index contributed by atoms with van der Waals surface area (Å²) in [4.78, 5) is 0. The molecule has 0 saturated heterocycles. The molecule has 0 atom stereocenters. The Bertz CT molecular complexity index is 329. The van der Waals surface area contributed by atoms with Gasteiger partial charge in [-0.3, -0.25) is 0 Å². The van der Waals surface area contributed by atoms with Crippen LogP contribution in [0.2, 0.25) is 0 Å². The fourth-order valence-corrected chi connectivity index (χ4v) is 1.56. The Morgan fingerprint density at radius 3 is 2.76 bits per heavy atom. The standard InChI is InChI=1S/C13H22N2O2/c1-3-17-12-6-5-11(9-13(12)16-2)10-15-8-4-7-14/h5-6,9,15H,3-4,7-8,10,14H2,1-2H3. The van der Waals surface area contributed by atoms with Gasteiger partial charge in [0.25, 0.3) is 0 Å². The van der Waals surface area contributed by atoms with Crippen LogP contribution in [0.5, 0.6) is 11.5 Å². The summed E-state index contributed by atoms with van der Waals surface area (Å²) in [6.45, 7) is 5.08. The normalized spacial score (nSPS) is 10.3. The molecule has 96 valence electrons. The van der Waals surface area contributed by atoms with Crippen LogP contribution in [-0.2, 0) is 6.54 Å². The summed E-state index contributed by atoms with van der Waals surface area (Å²) >= 11 is 0. The summed E-state index contributed by atoms with van der Waals surface area (Å²) < 4.78 is 10.8. The van der Waals surface area contributed by atoms with E-state index in [4.69, 9.17) is 15.2 Å². The van der Waals surface area contributed by atoms with Gasteiger partial charge in [0.2, 0.25) is 0 Å². The van der Waals surface area contributed by atoms with Crippen molar-refractivity contribution in [3.8, 4) is 11.5 Å². The first-order valence-electron chi connectivity index (χ1n) is 6.02. The van der Waals surface area contributed by atoms with Gasteiger partial charge in [0.1, 0.15) is 0 Å². The van der Waals surface area contributed by atoms with Gasteiger partial charge in [-0.15, -0.1) is 0 Å². The lowest BCUT2D eigenvalue weighted by atomic mass is 10.2. The minimum absolute atomic E-state index is 0.643. The lowest BCUT2D eigenvalue weighted by Crippen LogP contribution is -2.17. The number of hydrogen-bond donors (Lipinski definition) is 2. The molecule has 1 aromatic carbocycles. The first kappa shape index (κ1) is 13.8. The molecular weight excluding hydrogens is 216 g/mol. The highest BCUT2D eigenvalue weighted by Gasteiger charge is 2.04. The molecule has 0 aromatic heterocycles. The van der Waals surface area contributed by atoms with Crippen molar-refractivity contribution in [2.45, 2.75) is 19.9 Å². The maximum absolute atomic E-state index is 5.46. The van der Waals surface area contributed by atoms with E-state index in [9.17, 15) is 0 Å². The molecule has 0 fully saturated rings. The molecule has 0 unspecified atom stereocenters. The Morgan fingerprint density at radius 2 is 2.12 bits per heavy atom. The maximum atomic E-state index is 5.46. The molecule has 4 nitrogen and oxygen atoms in total. The van der Waals surface area contributed by atoms with Crippen molar-refractivity contribution in [1.29, 1.82) is 0 Å². The van der Waals surface area contributed by atoms with Gasteiger partial charge in [-0.1, -0.05) is 6.07 Å². The second kappa shape index (κ2) is 7.92. The first-order valence-corrected chi connectivity index (χ1v) is 6.02. The highest BCUT2D eigenvalue weighted by atomic mass is 16.5. The van der Waals surface area contributed by atoms with Crippen molar-refractivity contribution in [3.05, 3.63) is 23.8 Å². The third-order valence-electron chi connectivity index (χ3n) is 2.41. The summed E-state index contributed by atoms with van der Waals surface area (Å²) in [5, 5.41) is 3.33. The zero-order valence-corrected chi connectivity index (χ0v) is 10.7. The molecule has 1 aromatic rings. The van der Waals surface area contributed by atoms with Crippen molar-refractivity contribution in [1.82, 2.24) is 5.32 Å². The molecule has 0 radical (unpaired) electrons. The van der Waals surface area contributed by atoms with E-state index in [0.29, 0.717) is 6.61 Å². The number of rotatable bonds is 8. The highest BCUT2D eigenvalue weighted by molar-refractivity contribution is 5.42. The van der Waals surface area contributed by atoms with E-state index >= 15 is 0 Å². The van der Waals surface area contributed by atoms with Crippen LogP contribution in [0, 0.1) is 0 Å². The van der Waals surface area contributed by atoms with Gasteiger partial charge in [-0.2, -0.15) is 0 Å². The topological polar surface area (TPSA) is 56.5 Å². The molecule has 0 saturated carbocycles. The minimum Gasteiger partial charge on any atom is -0.493 e. The van der Waals surface area contributed by atoms with Gasteiger partial charge in [-0.05, 0) is 44.1 Å². The Kier molecular flexibility index (Phi) is 6.43. The average Bonchev–Trinajstić information content (AvgIpc) is 2.36. The predicted octanol–water partition coefficient (Wildman–Crippen LogP) is 1.53. The smallest absolute Gasteiger partial charge is 0.161 e. The number of methoxy groups -OCH3 is 1. The molecular formula is C13H22N2O2. The third-order valence-corrected chi connectivity index (χ3v) is 2.41. The van der Waals surface area contributed by atoms with Crippen LogP contribution in [0.15, 0.2) is 18.2 Å². The second-order valence-corrected chi connectivity index (χ2v) is 3.74. The Hall–Kier alpha value is -1.26. The maximum Gasteiger partial charge on any atom is 0.161 e. The van der Waals surface area contributed by atoms with Crippen LogP contribution >= 0.6 is 0 Å². The fraction of sp³-hybridized carbons (Fsp3) is 0.538. The Balaban J connectivity index is 2.56. The van der Waals surface area contributed by atoms with Crippen molar-refractivity contribution in [2.75, 3.05) is 26.8 Å². The molecule has 0 heterocycles. The molecule has 0 aliphatic rings. The van der Waals surface area contributed by atoms with Crippen molar-refractivity contribution in [2.24, 2.45) is 5.73 Å². The summed E-state index contributed by atoms with van der Waals surface area (Å²) in [7, 11) is 1.66. The largest absolute Gasteiger partial charge is 0.493 e. The van der Waals surface area contributed by atoms with Gasteiger partial charge in [0.15, 0.2) is 11.5 Å². The molecule has 3 N–H and O–H groups in total. The molecule has 1 rings (SSSR count). The SMILES string of the molecule is CCOc1ccc(CNCCCN)cc1OC. The van der Waals surface area contributed by atoms with E-state index in [1.54, 1.807) is 7.11 Å². The molecule has 0 aliphatic heterocycles. The predicted molar refractivity (Wildman–Crippen MR) is 69.5 cm³/mol. The number of nitrogens with two attached hydrogens (primary N) is 1. The Labute approximate surface area is 103 Å². The van der Waals surface area contributed by atoms with Crippen LogP contribution in [0.4, 0.5) is 0 Å². The number of nitrogens with one attached hydrogen (secondary N) is 1. The van der Waals surface area contributed by atoms with E-state index < -0.39 is 0 Å². The first-order chi connectivity index (χ1) is 8.31. The van der Waals surface area contributed by atoms with E-state index in [2.05, 4.69) is 5.32 Å². The van der Waals surface area contributed by atoms with Crippen LogP contribution in [0.25, 0.3) is 0 Å². The van der Waals surface area contributed by atoms with E-state index in [-0.39, 0.29) is 0 Å². The summed E-state index contributed by atoms with van der Waals surface area (Å²) in [5.74, 6) is 1.57. The average molecular weight is 238 g/mol. The fourth-order valence-electron chi connectivity index (χ4n) is 1.56.